The Morgan fingerprint density at radius 3 is 2.00 bits per heavy atom. The van der Waals surface area contributed by atoms with Gasteiger partial charge >= 0.3 is 17.1 Å². The van der Waals surface area contributed by atoms with Gasteiger partial charge in [-0.1, -0.05) is 6.92 Å². The van der Waals surface area contributed by atoms with Crippen LogP contribution in [-0.4, -0.2) is 0 Å². The molecule has 0 aromatic heterocycles. The van der Waals surface area contributed by atoms with Crippen LogP contribution in [0.4, 0.5) is 0 Å². The van der Waals surface area contributed by atoms with Crippen LogP contribution in [0.1, 0.15) is 5.56 Å². The number of hydrogen-bond donors (Lipinski definition) is 0. The quantitative estimate of drug-likeness (QED) is 0.395. The zero-order valence-corrected chi connectivity index (χ0v) is 5.55. The molecule has 1 aromatic carbocycles. The van der Waals surface area contributed by atoms with Gasteiger partial charge < -0.3 is 0 Å². The summed E-state index contributed by atoms with van der Waals surface area (Å²) >= 11 is 0. The van der Waals surface area contributed by atoms with Gasteiger partial charge in [0.1, 0.15) is 0 Å². The Labute approximate surface area is 60.4 Å². The molecule has 0 aliphatic heterocycles. The summed E-state index contributed by atoms with van der Waals surface area (Å²) in [7, 11) is 0. The maximum absolute atomic E-state index is 2.93. The second-order valence-corrected chi connectivity index (χ2v) is 1.58. The van der Waals surface area contributed by atoms with Gasteiger partial charge in [-0.15, -0.1) is 0 Å². The predicted octanol–water partition coefficient (Wildman–Crippen LogP) is 1.79. The summed E-state index contributed by atoms with van der Waals surface area (Å²) in [5.41, 5.74) is 1.29. The van der Waals surface area contributed by atoms with Crippen molar-refractivity contribution in [3.05, 3.63) is 35.9 Å². The molecule has 0 saturated heterocycles. The molecule has 0 radical (unpaired) electrons. The number of hydrogen-bond acceptors (Lipinski definition) is 0. The molecule has 0 aliphatic rings. The summed E-state index contributed by atoms with van der Waals surface area (Å²) in [5.74, 6) is 0. The molecule has 0 nitrogen and oxygen atoms in total. The van der Waals surface area contributed by atoms with Crippen LogP contribution in [0, 0.1) is 13.0 Å². The van der Waals surface area contributed by atoms with E-state index < -0.39 is 0 Å². The van der Waals surface area contributed by atoms with Crippen LogP contribution in [0.3, 0.4) is 0 Å². The van der Waals surface area contributed by atoms with Crippen molar-refractivity contribution < 1.29 is 17.1 Å². The van der Waals surface area contributed by atoms with Gasteiger partial charge in [0.05, 0.1) is 0 Å². The predicted molar refractivity (Wildman–Crippen MR) is 30.0 cm³/mol. The van der Waals surface area contributed by atoms with Crippen molar-refractivity contribution in [1.29, 1.82) is 0 Å². The zero-order valence-electron chi connectivity index (χ0n) is 4.61. The molecule has 0 unspecified atom stereocenters. The van der Waals surface area contributed by atoms with Crippen LogP contribution in [0.25, 0.3) is 0 Å². The first kappa shape index (κ1) is 7.74. The zero-order chi connectivity index (χ0) is 5.11. The fourth-order valence-electron chi connectivity index (χ4n) is 0.470. The van der Waals surface area contributed by atoms with Gasteiger partial charge in [-0.3, -0.25) is 0 Å². The minimum atomic E-state index is 0. The maximum Gasteiger partial charge on any atom is 1.00 e. The molecular formula is C7H7Cu. The summed E-state index contributed by atoms with van der Waals surface area (Å²) in [6.45, 7) is 2.06. The van der Waals surface area contributed by atoms with Gasteiger partial charge in [0, 0.05) is 0 Å². The minimum absolute atomic E-state index is 0. The third-order valence-electron chi connectivity index (χ3n) is 0.885. The third-order valence-corrected chi connectivity index (χ3v) is 0.885. The standard InChI is InChI=1S/C7H7.Cu/c1-7-5-3-2-4-6-7;/h3-6H,1H3;/q-1;+1. The molecule has 0 amide bonds. The van der Waals surface area contributed by atoms with E-state index in [1.165, 1.54) is 5.56 Å². The van der Waals surface area contributed by atoms with Gasteiger partial charge in [0.2, 0.25) is 0 Å². The molecular weight excluding hydrogens is 148 g/mol. The third kappa shape index (κ3) is 2.15. The van der Waals surface area contributed by atoms with Gasteiger partial charge in [0.15, 0.2) is 0 Å². The minimum Gasteiger partial charge on any atom is -0.184 e. The molecule has 0 fully saturated rings. The summed E-state index contributed by atoms with van der Waals surface area (Å²) in [6, 6.07) is 10.8. The molecule has 1 heteroatoms. The van der Waals surface area contributed by atoms with Crippen LogP contribution in [0.15, 0.2) is 24.3 Å². The Hall–Kier alpha value is -0.261. The van der Waals surface area contributed by atoms with E-state index >= 15 is 0 Å². The molecule has 46 valence electrons. The van der Waals surface area contributed by atoms with E-state index in [4.69, 9.17) is 0 Å². The monoisotopic (exact) mass is 154 g/mol. The van der Waals surface area contributed by atoms with Crippen LogP contribution in [0.2, 0.25) is 0 Å². The summed E-state index contributed by atoms with van der Waals surface area (Å²) < 4.78 is 0. The number of benzene rings is 1. The van der Waals surface area contributed by atoms with E-state index in [1.807, 2.05) is 24.3 Å². The fraction of sp³-hybridized carbons (Fsp3) is 0.143. The Bertz CT molecular complexity index is 134. The van der Waals surface area contributed by atoms with Crippen molar-refractivity contribution in [2.45, 2.75) is 6.92 Å². The van der Waals surface area contributed by atoms with E-state index in [9.17, 15) is 0 Å². The summed E-state index contributed by atoms with van der Waals surface area (Å²) in [4.78, 5) is 0. The molecule has 1 rings (SSSR count). The van der Waals surface area contributed by atoms with Gasteiger partial charge in [0.25, 0.3) is 0 Å². The normalized spacial score (nSPS) is 7.62. The Morgan fingerprint density at radius 1 is 1.25 bits per heavy atom. The SMILES string of the molecule is Cc1cc[c-]cc1.[Cu+]. The molecule has 8 heavy (non-hydrogen) atoms. The molecule has 0 bridgehead atoms. The fourth-order valence-corrected chi connectivity index (χ4v) is 0.470. The van der Waals surface area contributed by atoms with Crippen molar-refractivity contribution in [2.24, 2.45) is 0 Å². The average molecular weight is 155 g/mol. The topological polar surface area (TPSA) is 0 Å². The Kier molecular flexibility index (Phi) is 3.59. The first-order valence-corrected chi connectivity index (χ1v) is 2.32. The number of aryl methyl sites for hydroxylation is 1. The molecule has 0 N–H and O–H groups in total. The Balaban J connectivity index is 0.000000490. The van der Waals surface area contributed by atoms with Crippen LogP contribution in [-0.2, 0) is 17.1 Å². The van der Waals surface area contributed by atoms with E-state index in [-0.39, 0.29) is 17.1 Å². The van der Waals surface area contributed by atoms with Gasteiger partial charge in [-0.05, 0) is 0 Å². The molecule has 0 spiro atoms. The second kappa shape index (κ2) is 3.71. The molecule has 0 heterocycles. The van der Waals surface area contributed by atoms with Gasteiger partial charge in [-0.2, -0.15) is 35.9 Å². The van der Waals surface area contributed by atoms with Crippen molar-refractivity contribution in [3.63, 3.8) is 0 Å². The van der Waals surface area contributed by atoms with Crippen molar-refractivity contribution >= 4 is 0 Å². The van der Waals surface area contributed by atoms with E-state index in [2.05, 4.69) is 13.0 Å². The van der Waals surface area contributed by atoms with Gasteiger partial charge in [-0.25, -0.2) is 0 Å². The van der Waals surface area contributed by atoms with Crippen LogP contribution < -0.4 is 0 Å². The Morgan fingerprint density at radius 2 is 1.75 bits per heavy atom. The van der Waals surface area contributed by atoms with Crippen molar-refractivity contribution in [3.8, 4) is 0 Å². The summed E-state index contributed by atoms with van der Waals surface area (Å²) in [6.07, 6.45) is 0. The smallest absolute Gasteiger partial charge is 0.184 e. The van der Waals surface area contributed by atoms with E-state index in [0.717, 1.165) is 0 Å². The second-order valence-electron chi connectivity index (χ2n) is 1.58. The first-order valence-electron chi connectivity index (χ1n) is 2.32. The maximum atomic E-state index is 2.93. The largest absolute Gasteiger partial charge is 1.00 e. The molecule has 0 atom stereocenters. The first-order chi connectivity index (χ1) is 3.39. The summed E-state index contributed by atoms with van der Waals surface area (Å²) in [5, 5.41) is 0. The molecule has 0 saturated carbocycles. The molecule has 0 aliphatic carbocycles. The van der Waals surface area contributed by atoms with Crippen LogP contribution in [0.5, 0.6) is 0 Å². The van der Waals surface area contributed by atoms with Crippen molar-refractivity contribution in [1.82, 2.24) is 0 Å². The molecule has 1 aromatic rings. The van der Waals surface area contributed by atoms with Crippen molar-refractivity contribution in [2.75, 3.05) is 0 Å². The average Bonchev–Trinajstić information content (AvgIpc) is 1.69. The van der Waals surface area contributed by atoms with Crippen LogP contribution >= 0.6 is 0 Å². The van der Waals surface area contributed by atoms with E-state index in [1.54, 1.807) is 0 Å². The van der Waals surface area contributed by atoms with E-state index in [0.29, 0.717) is 0 Å². The number of rotatable bonds is 0.